The second kappa shape index (κ2) is 7.97. The first-order valence-electron chi connectivity index (χ1n) is 8.34. The Morgan fingerprint density at radius 2 is 1.64 bits per heavy atom. The van der Waals surface area contributed by atoms with Crippen molar-refractivity contribution < 1.29 is 9.59 Å². The van der Waals surface area contributed by atoms with E-state index in [4.69, 9.17) is 0 Å². The predicted octanol–water partition coefficient (Wildman–Crippen LogP) is 3.15. The predicted molar refractivity (Wildman–Crippen MR) is 88.9 cm³/mol. The standard InChI is InChI=1S/C18H26N2O2/c1-3-14-9-8-10-15(4-2)18(14)19-16(21)13-17(22)20-11-6-5-7-12-20/h8-10H,3-7,11-13H2,1-2H3,(H,19,21). The van der Waals surface area contributed by atoms with Crippen LogP contribution in [0, 0.1) is 0 Å². The third-order valence-corrected chi connectivity index (χ3v) is 4.28. The van der Waals surface area contributed by atoms with Gasteiger partial charge < -0.3 is 10.2 Å². The molecule has 0 spiro atoms. The van der Waals surface area contributed by atoms with Gasteiger partial charge in [-0.2, -0.15) is 0 Å². The molecule has 0 atom stereocenters. The fraction of sp³-hybridized carbons (Fsp3) is 0.556. The number of anilines is 1. The van der Waals surface area contributed by atoms with Crippen molar-refractivity contribution in [1.82, 2.24) is 4.90 Å². The average Bonchev–Trinajstić information content (AvgIpc) is 2.55. The van der Waals surface area contributed by atoms with Gasteiger partial charge in [0, 0.05) is 18.8 Å². The van der Waals surface area contributed by atoms with E-state index in [0.717, 1.165) is 55.6 Å². The van der Waals surface area contributed by atoms with E-state index in [1.807, 2.05) is 23.1 Å². The van der Waals surface area contributed by atoms with Gasteiger partial charge in [-0.25, -0.2) is 0 Å². The summed E-state index contributed by atoms with van der Waals surface area (Å²) in [6, 6.07) is 6.08. The third-order valence-electron chi connectivity index (χ3n) is 4.28. The first-order valence-corrected chi connectivity index (χ1v) is 8.34. The minimum atomic E-state index is -0.203. The van der Waals surface area contributed by atoms with Gasteiger partial charge in [0.1, 0.15) is 6.42 Å². The van der Waals surface area contributed by atoms with Crippen LogP contribution < -0.4 is 5.32 Å². The summed E-state index contributed by atoms with van der Waals surface area (Å²) in [4.78, 5) is 26.2. The third kappa shape index (κ3) is 4.09. The van der Waals surface area contributed by atoms with Crippen LogP contribution in [0.5, 0.6) is 0 Å². The Bertz CT molecular complexity index is 512. The van der Waals surface area contributed by atoms with E-state index < -0.39 is 0 Å². The topological polar surface area (TPSA) is 49.4 Å². The molecule has 0 aromatic heterocycles. The van der Waals surface area contributed by atoms with Gasteiger partial charge in [-0.1, -0.05) is 32.0 Å². The lowest BCUT2D eigenvalue weighted by atomic mass is 10.0. The Balaban J connectivity index is 2.01. The van der Waals surface area contributed by atoms with Crippen molar-refractivity contribution in [3.8, 4) is 0 Å². The summed E-state index contributed by atoms with van der Waals surface area (Å²) < 4.78 is 0. The van der Waals surface area contributed by atoms with Crippen LogP contribution in [0.25, 0.3) is 0 Å². The number of carbonyl (C=O) groups excluding carboxylic acids is 2. The van der Waals surface area contributed by atoms with Gasteiger partial charge in [0.15, 0.2) is 0 Å². The quantitative estimate of drug-likeness (QED) is 0.849. The SMILES string of the molecule is CCc1cccc(CC)c1NC(=O)CC(=O)N1CCCCC1. The Labute approximate surface area is 132 Å². The highest BCUT2D eigenvalue weighted by molar-refractivity contribution is 6.04. The molecule has 1 saturated heterocycles. The highest BCUT2D eigenvalue weighted by Gasteiger charge is 2.20. The summed E-state index contributed by atoms with van der Waals surface area (Å²) in [5.74, 6) is -0.254. The number of nitrogens with one attached hydrogen (secondary N) is 1. The van der Waals surface area contributed by atoms with Gasteiger partial charge in [-0.3, -0.25) is 9.59 Å². The molecule has 1 aromatic rings. The number of benzene rings is 1. The fourth-order valence-electron chi connectivity index (χ4n) is 2.98. The molecule has 1 N–H and O–H groups in total. The number of amides is 2. The molecule has 0 unspecified atom stereocenters. The van der Waals surface area contributed by atoms with Crippen molar-refractivity contribution in [3.63, 3.8) is 0 Å². The monoisotopic (exact) mass is 302 g/mol. The number of rotatable bonds is 5. The van der Waals surface area contributed by atoms with Crippen LogP contribution in [0.15, 0.2) is 18.2 Å². The molecule has 4 nitrogen and oxygen atoms in total. The van der Waals surface area contributed by atoms with Crippen LogP contribution in [-0.4, -0.2) is 29.8 Å². The van der Waals surface area contributed by atoms with Gasteiger partial charge in [-0.15, -0.1) is 0 Å². The molecule has 0 aliphatic carbocycles. The Morgan fingerprint density at radius 1 is 1.05 bits per heavy atom. The molecule has 2 amide bonds. The second-order valence-corrected chi connectivity index (χ2v) is 5.82. The number of hydrogen-bond acceptors (Lipinski definition) is 2. The lowest BCUT2D eigenvalue weighted by molar-refractivity contribution is -0.135. The Morgan fingerprint density at radius 3 is 2.18 bits per heavy atom. The zero-order valence-electron chi connectivity index (χ0n) is 13.7. The molecule has 1 aliphatic heterocycles. The van der Waals surface area contributed by atoms with Crippen LogP contribution in [0.1, 0.15) is 50.7 Å². The summed E-state index contributed by atoms with van der Waals surface area (Å²) in [6.07, 6.45) is 4.95. The van der Waals surface area contributed by atoms with Gasteiger partial charge >= 0.3 is 0 Å². The molecular formula is C18H26N2O2. The van der Waals surface area contributed by atoms with Gasteiger partial charge in [0.2, 0.25) is 11.8 Å². The normalized spacial score (nSPS) is 14.7. The summed E-state index contributed by atoms with van der Waals surface area (Å²) in [6.45, 7) is 5.72. The maximum atomic E-state index is 12.2. The maximum absolute atomic E-state index is 12.2. The summed E-state index contributed by atoms with van der Waals surface area (Å²) >= 11 is 0. The molecule has 1 heterocycles. The Kier molecular flexibility index (Phi) is 5.99. The number of aryl methyl sites for hydroxylation is 2. The summed E-state index contributed by atoms with van der Waals surface area (Å²) in [7, 11) is 0. The van der Waals surface area contributed by atoms with E-state index >= 15 is 0 Å². The van der Waals surface area contributed by atoms with Gasteiger partial charge in [-0.05, 0) is 43.2 Å². The molecule has 0 bridgehead atoms. The molecule has 120 valence electrons. The first-order chi connectivity index (χ1) is 10.7. The van der Waals surface area contributed by atoms with Crippen molar-refractivity contribution in [1.29, 1.82) is 0 Å². The number of para-hydroxylation sites is 1. The molecule has 0 radical (unpaired) electrons. The largest absolute Gasteiger partial charge is 0.342 e. The zero-order valence-corrected chi connectivity index (χ0v) is 13.7. The van der Waals surface area contributed by atoms with Gasteiger partial charge in [0.25, 0.3) is 0 Å². The molecule has 2 rings (SSSR count). The molecule has 22 heavy (non-hydrogen) atoms. The van der Waals surface area contributed by atoms with Crippen molar-refractivity contribution in [2.24, 2.45) is 0 Å². The number of carbonyl (C=O) groups is 2. The van der Waals surface area contributed by atoms with E-state index in [-0.39, 0.29) is 18.2 Å². The molecule has 0 saturated carbocycles. The Hall–Kier alpha value is -1.84. The maximum Gasteiger partial charge on any atom is 0.233 e. The highest BCUT2D eigenvalue weighted by Crippen LogP contribution is 2.23. The van der Waals surface area contributed by atoms with Crippen molar-refractivity contribution in [3.05, 3.63) is 29.3 Å². The molecule has 1 fully saturated rings. The zero-order chi connectivity index (χ0) is 15.9. The smallest absolute Gasteiger partial charge is 0.233 e. The van der Waals surface area contributed by atoms with Gasteiger partial charge in [0.05, 0.1) is 0 Å². The molecule has 1 aliphatic rings. The lowest BCUT2D eigenvalue weighted by Crippen LogP contribution is -2.37. The van der Waals surface area contributed by atoms with Crippen LogP contribution >= 0.6 is 0 Å². The first kappa shape index (κ1) is 16.5. The highest BCUT2D eigenvalue weighted by atomic mass is 16.2. The van der Waals surface area contributed by atoms with Crippen LogP contribution in [0.3, 0.4) is 0 Å². The average molecular weight is 302 g/mol. The van der Waals surface area contributed by atoms with Crippen molar-refractivity contribution in [2.75, 3.05) is 18.4 Å². The van der Waals surface area contributed by atoms with Crippen LogP contribution in [0.2, 0.25) is 0 Å². The second-order valence-electron chi connectivity index (χ2n) is 5.82. The number of nitrogens with zero attached hydrogens (tertiary/aromatic N) is 1. The van der Waals surface area contributed by atoms with Crippen LogP contribution in [0.4, 0.5) is 5.69 Å². The van der Waals surface area contributed by atoms with E-state index in [2.05, 4.69) is 19.2 Å². The molecular weight excluding hydrogens is 276 g/mol. The van der Waals surface area contributed by atoms with Crippen LogP contribution in [-0.2, 0) is 22.4 Å². The van der Waals surface area contributed by atoms with E-state index in [1.165, 1.54) is 6.42 Å². The number of piperidine rings is 1. The minimum Gasteiger partial charge on any atom is -0.342 e. The minimum absolute atomic E-state index is 0.0516. The molecule has 4 heteroatoms. The van der Waals surface area contributed by atoms with E-state index in [9.17, 15) is 9.59 Å². The van der Waals surface area contributed by atoms with Crippen molar-refractivity contribution in [2.45, 2.75) is 52.4 Å². The lowest BCUT2D eigenvalue weighted by Gasteiger charge is -2.26. The number of hydrogen-bond donors (Lipinski definition) is 1. The van der Waals surface area contributed by atoms with Crippen molar-refractivity contribution >= 4 is 17.5 Å². The van der Waals surface area contributed by atoms with E-state index in [0.29, 0.717) is 0 Å². The number of likely N-dealkylation sites (tertiary alicyclic amines) is 1. The molecule has 1 aromatic carbocycles. The van der Waals surface area contributed by atoms with E-state index in [1.54, 1.807) is 0 Å². The fourth-order valence-corrected chi connectivity index (χ4v) is 2.98. The summed E-state index contributed by atoms with van der Waals surface area (Å²) in [5, 5.41) is 2.96. The summed E-state index contributed by atoms with van der Waals surface area (Å²) in [5.41, 5.74) is 3.14.